The van der Waals surface area contributed by atoms with Gasteiger partial charge in [-0.3, -0.25) is 34.4 Å². The number of alkyl halides is 1. The molecule has 119 heavy (non-hydrogen) atoms. The number of nitrogens with zero attached hydrogens (tertiary/aromatic N) is 11. The number of carbonyl (C=O) groups excluding carboxylic acids is 4. The Morgan fingerprint density at radius 1 is 0.479 bits per heavy atom. The van der Waals surface area contributed by atoms with Crippen LogP contribution < -0.4 is 5.32 Å². The van der Waals surface area contributed by atoms with Crippen LogP contribution in [0.4, 0.5) is 14.4 Å². The van der Waals surface area contributed by atoms with Crippen LogP contribution in [0.5, 0.6) is 0 Å². The van der Waals surface area contributed by atoms with Crippen molar-refractivity contribution in [1.29, 1.82) is 0 Å². The zero-order valence-electron chi connectivity index (χ0n) is 65.5. The number of rotatable bonds is 13. The minimum Gasteiger partial charge on any atom is -0.481 e. The first-order chi connectivity index (χ1) is 56.3. The molecule has 12 aromatic rings. The largest absolute Gasteiger partial charge is 0.481 e. The molecule has 4 aromatic carbocycles. The highest BCUT2D eigenvalue weighted by Gasteiger charge is 2.49. The Hall–Kier alpha value is -11.3. The number of imide groups is 1. The van der Waals surface area contributed by atoms with Gasteiger partial charge in [-0.1, -0.05) is 143 Å². The molecule has 27 nitrogen and oxygen atoms in total. The van der Waals surface area contributed by atoms with Crippen molar-refractivity contribution in [3.63, 3.8) is 0 Å². The van der Waals surface area contributed by atoms with E-state index in [1.54, 1.807) is 95.5 Å². The zero-order valence-corrected chi connectivity index (χ0v) is 70.1. The lowest BCUT2D eigenvalue weighted by molar-refractivity contribution is -0.144. The third-order valence-electron chi connectivity index (χ3n) is 20.7. The number of amides is 5. The standard InChI is InChI=1S/C23H24ClN3O4.C22H19ClN4O4.C18H16ClN3O2.C17H20N2O4.C6H5Cl2N.ClH/c1-23(2,3)31-22(30)27-13-19-16(10-18(27)21(28)29)15-6-4-5-7-17(15)26(19)12-14-8-9-20(24)25-11-14;23-19-6-5-13(10-24-19)11-26-16-4-2-1-3-14(16)15-9-17-21(30)25(8-7-20(28)29)22(31)27(17)12-18(15)26;19-17-6-5-11(8-21-17)10-22-15-4-2-1-3-12(15)13-7-14(18(23)24)20-9-16(13)22;1-17(2,3)23-16(22)19-9-13-11(8-14(19)15(20)21)10-6-4-5-7-12(10)18-13;7-3-5-1-2-6(8)9-4-5;/h4-9,11,18H,10,12-13H2,1-3H3,(H,28,29);1-6,10,17H,7-9,11-12H2,(H,28,29);1-6,8,14,20H,7,9-10H2,(H,23,24);4-7,14,18H,8-9H2,1-3H3,(H,20,21);1-2,4H,3H2;1H/t18-;17-;;14-;;/m00.0../s1. The van der Waals surface area contributed by atoms with Gasteiger partial charge >= 0.3 is 42.1 Å². The lowest BCUT2D eigenvalue weighted by atomic mass is 9.97. The smallest absolute Gasteiger partial charge is 0.411 e. The second-order valence-corrected chi connectivity index (χ2v) is 32.7. The van der Waals surface area contributed by atoms with Gasteiger partial charge in [0, 0.05) is 155 Å². The molecule has 0 radical (unpaired) electrons. The van der Waals surface area contributed by atoms with Crippen molar-refractivity contribution in [2.24, 2.45) is 0 Å². The molecule has 1 fully saturated rings. The van der Waals surface area contributed by atoms with E-state index >= 15 is 0 Å². The summed E-state index contributed by atoms with van der Waals surface area (Å²) in [5.41, 5.74) is 14.7. The normalized spacial score (nSPS) is 16.5. The maximum absolute atomic E-state index is 12.9. The number of fused-ring (bicyclic) bond motifs is 13. The van der Waals surface area contributed by atoms with Crippen LogP contribution in [0.2, 0.25) is 20.6 Å². The third kappa shape index (κ3) is 19.9. The molecule has 1 saturated heterocycles. The van der Waals surface area contributed by atoms with E-state index in [0.29, 0.717) is 72.1 Å². The Bertz CT molecular complexity index is 5810. The Balaban J connectivity index is 0.000000141. The predicted octanol–water partition coefficient (Wildman–Crippen LogP) is 16.0. The van der Waals surface area contributed by atoms with E-state index in [9.17, 15) is 53.7 Å². The Labute approximate surface area is 714 Å². The summed E-state index contributed by atoms with van der Waals surface area (Å²) in [5, 5.41) is 46.8. The average Bonchev–Trinajstić information content (AvgIpc) is 1.57. The Morgan fingerprint density at radius 2 is 0.882 bits per heavy atom. The van der Waals surface area contributed by atoms with Crippen LogP contribution in [-0.4, -0.2) is 169 Å². The minimum absolute atomic E-state index is 0. The van der Waals surface area contributed by atoms with Gasteiger partial charge < -0.3 is 53.5 Å². The number of aromatic nitrogens is 8. The molecule has 5 aliphatic rings. The number of carboxylic acids is 4. The van der Waals surface area contributed by atoms with Crippen molar-refractivity contribution in [1.82, 2.24) is 63.5 Å². The molecular weight excluding hydrogens is 1650 g/mol. The van der Waals surface area contributed by atoms with Crippen molar-refractivity contribution in [3.8, 4) is 0 Å². The Morgan fingerprint density at radius 3 is 1.31 bits per heavy atom. The van der Waals surface area contributed by atoms with Gasteiger partial charge in [0.25, 0.3) is 5.91 Å². The van der Waals surface area contributed by atoms with Crippen LogP contribution >= 0.6 is 70.4 Å². The maximum atomic E-state index is 12.9. The monoisotopic (exact) mass is 1730 g/mol. The number of aliphatic carboxylic acids is 4. The molecule has 0 spiro atoms. The second kappa shape index (κ2) is 36.9. The summed E-state index contributed by atoms with van der Waals surface area (Å²) in [6.07, 6.45) is 6.80. The van der Waals surface area contributed by atoms with Gasteiger partial charge in [0.2, 0.25) is 0 Å². The summed E-state index contributed by atoms with van der Waals surface area (Å²) in [6, 6.07) is 42.9. The maximum Gasteiger partial charge on any atom is 0.411 e. The minimum atomic E-state index is -1.05. The average molecular weight is 1740 g/mol. The molecule has 5 aliphatic heterocycles. The molecule has 6 N–H and O–H groups in total. The van der Waals surface area contributed by atoms with Gasteiger partial charge in [-0.05, 0) is 135 Å². The number of carboxylic acid groups (broad SMARTS) is 4. The van der Waals surface area contributed by atoms with Crippen molar-refractivity contribution < 1.29 is 68.3 Å². The highest BCUT2D eigenvalue weighted by atomic mass is 35.5. The van der Waals surface area contributed by atoms with Crippen molar-refractivity contribution in [2.75, 3.05) is 6.54 Å². The first-order valence-corrected chi connectivity index (χ1v) is 39.9. The van der Waals surface area contributed by atoms with Crippen LogP contribution in [0.3, 0.4) is 0 Å². The third-order valence-corrected chi connectivity index (χ3v) is 21.9. The molecule has 33 heteroatoms. The number of ether oxygens (including phenoxy) is 2. The molecule has 13 heterocycles. The number of benzene rings is 4. The van der Waals surface area contributed by atoms with E-state index in [1.165, 1.54) is 9.80 Å². The molecule has 4 atom stereocenters. The second-order valence-electron chi connectivity index (χ2n) is 30.9. The van der Waals surface area contributed by atoms with E-state index in [0.717, 1.165) is 116 Å². The lowest BCUT2D eigenvalue weighted by Gasteiger charge is -2.35. The van der Waals surface area contributed by atoms with Gasteiger partial charge in [-0.2, -0.15) is 0 Å². The number of pyridine rings is 4. The first-order valence-electron chi connectivity index (χ1n) is 37.9. The highest BCUT2D eigenvalue weighted by molar-refractivity contribution is 6.30. The van der Waals surface area contributed by atoms with Crippen LogP contribution in [0.15, 0.2) is 170 Å². The van der Waals surface area contributed by atoms with E-state index in [4.69, 9.17) is 72.6 Å². The molecule has 0 aliphatic carbocycles. The summed E-state index contributed by atoms with van der Waals surface area (Å²) in [4.78, 5) is 122. The summed E-state index contributed by atoms with van der Waals surface area (Å²) < 4.78 is 17.4. The number of nitrogens with one attached hydrogen (secondary N) is 2. The summed E-state index contributed by atoms with van der Waals surface area (Å²) in [5.74, 6) is -3.75. The predicted molar refractivity (Wildman–Crippen MR) is 453 cm³/mol. The summed E-state index contributed by atoms with van der Waals surface area (Å²) in [7, 11) is 0. The number of halogens is 6. The molecular formula is C86H85Cl6N13O14. The lowest BCUT2D eigenvalue weighted by Crippen LogP contribution is -2.50. The van der Waals surface area contributed by atoms with E-state index in [1.807, 2.05) is 109 Å². The molecule has 5 amide bonds. The van der Waals surface area contributed by atoms with E-state index in [2.05, 4.69) is 56.1 Å². The quantitative estimate of drug-likeness (QED) is 0.0355. The SMILES string of the molecule is CC(C)(C)OC(=O)N1Cc2[nH]c3ccccc3c2C[C@H]1C(=O)O.CC(C)(C)OC(=O)N1Cc2c(c3ccccc3n2Cc2ccc(Cl)nc2)C[C@H]1C(=O)O.Cl.ClCc1ccc(Cl)nc1.O=C(O)C1Cc2c(n(Cc3ccc(Cl)nc3)c3ccccc23)CN1.O=C(O)CCN1C(=O)[C@@H]2Cc3c(n(Cc4ccc(Cl)nc4)c4ccccc34)CN2C1=O. The van der Waals surface area contributed by atoms with Crippen molar-refractivity contribution in [2.45, 2.75) is 161 Å². The number of hydrogen-bond donors (Lipinski definition) is 6. The summed E-state index contributed by atoms with van der Waals surface area (Å²) in [6.45, 7) is 13.4. The van der Waals surface area contributed by atoms with Crippen LogP contribution in [-0.2, 0) is 111 Å². The summed E-state index contributed by atoms with van der Waals surface area (Å²) >= 11 is 28.7. The number of para-hydroxylation sites is 4. The number of urea groups is 1. The molecule has 17 rings (SSSR count). The zero-order chi connectivity index (χ0) is 84.2. The fourth-order valence-electron chi connectivity index (χ4n) is 15.4. The van der Waals surface area contributed by atoms with E-state index < -0.39 is 77.5 Å². The van der Waals surface area contributed by atoms with Gasteiger partial charge in [-0.25, -0.2) is 43.9 Å². The number of carbonyl (C=O) groups is 8. The number of H-pyrrole nitrogens is 1. The topological polar surface area (TPSA) is 343 Å². The molecule has 0 bridgehead atoms. The van der Waals surface area contributed by atoms with Crippen molar-refractivity contribution >= 4 is 162 Å². The fourth-order valence-corrected chi connectivity index (χ4v) is 16.0. The Kier molecular flexibility index (Phi) is 27.0. The fraction of sp³-hybridized carbons (Fsp3) is 0.302. The number of aromatic amines is 1. The first kappa shape index (κ1) is 87.0. The van der Waals surface area contributed by atoms with Crippen LogP contribution in [0.25, 0.3) is 43.6 Å². The molecule has 8 aromatic heterocycles. The molecule has 1 unspecified atom stereocenters. The van der Waals surface area contributed by atoms with Crippen LogP contribution in [0.1, 0.15) is 115 Å². The van der Waals surface area contributed by atoms with E-state index in [-0.39, 0.29) is 57.2 Å². The van der Waals surface area contributed by atoms with Crippen LogP contribution in [0, 0.1) is 0 Å². The molecule has 620 valence electrons. The highest BCUT2D eigenvalue weighted by Crippen LogP contribution is 2.40. The van der Waals surface area contributed by atoms with Crippen molar-refractivity contribution in [3.05, 3.63) is 258 Å². The van der Waals surface area contributed by atoms with Gasteiger partial charge in [0.05, 0.1) is 26.1 Å². The van der Waals surface area contributed by atoms with Gasteiger partial charge in [-0.15, -0.1) is 24.0 Å². The van der Waals surface area contributed by atoms with Gasteiger partial charge in [0.1, 0.15) is 56.0 Å². The van der Waals surface area contributed by atoms with Gasteiger partial charge in [0.15, 0.2) is 0 Å². The number of hydrogen-bond acceptors (Lipinski definition) is 15. The molecule has 0 saturated carbocycles.